The number of hydrogen-bond donors (Lipinski definition) is 0. The second kappa shape index (κ2) is 8.51. The summed E-state index contributed by atoms with van der Waals surface area (Å²) in [5.41, 5.74) is 1.33. The van der Waals surface area contributed by atoms with Crippen LogP contribution in [0.4, 0.5) is 0 Å². The Morgan fingerprint density at radius 1 is 1.27 bits per heavy atom. The molecule has 4 heteroatoms. The highest BCUT2D eigenvalue weighted by Gasteiger charge is 2.26. The summed E-state index contributed by atoms with van der Waals surface area (Å²) in [6.45, 7) is 7.17. The quantitative estimate of drug-likeness (QED) is 0.806. The van der Waals surface area contributed by atoms with E-state index in [9.17, 15) is 0 Å². The Morgan fingerprint density at radius 2 is 2.00 bits per heavy atom. The maximum absolute atomic E-state index is 5.83. The summed E-state index contributed by atoms with van der Waals surface area (Å²) in [7, 11) is 5.98. The van der Waals surface area contributed by atoms with Crippen LogP contribution in [0.2, 0.25) is 0 Å². The van der Waals surface area contributed by atoms with Crippen molar-refractivity contribution in [3.05, 3.63) is 29.8 Å². The fraction of sp³-hybridized carbons (Fsp3) is 0.667. The minimum absolute atomic E-state index is 0.546. The van der Waals surface area contributed by atoms with Gasteiger partial charge >= 0.3 is 0 Å². The predicted molar refractivity (Wildman–Crippen MR) is 90.3 cm³/mol. The number of benzene rings is 1. The second-order valence-corrected chi connectivity index (χ2v) is 6.49. The van der Waals surface area contributed by atoms with E-state index >= 15 is 0 Å². The van der Waals surface area contributed by atoms with Gasteiger partial charge in [-0.1, -0.05) is 12.1 Å². The van der Waals surface area contributed by atoms with E-state index in [0.29, 0.717) is 12.0 Å². The second-order valence-electron chi connectivity index (χ2n) is 6.49. The van der Waals surface area contributed by atoms with Crippen LogP contribution in [-0.4, -0.2) is 63.4 Å². The van der Waals surface area contributed by atoms with Crippen molar-refractivity contribution >= 4 is 0 Å². The Morgan fingerprint density at radius 3 is 2.64 bits per heavy atom. The van der Waals surface area contributed by atoms with Crippen molar-refractivity contribution in [2.45, 2.75) is 25.9 Å². The molecule has 0 aromatic heterocycles. The van der Waals surface area contributed by atoms with Crippen LogP contribution in [0.1, 0.15) is 18.9 Å². The van der Waals surface area contributed by atoms with Crippen LogP contribution in [-0.2, 0) is 11.3 Å². The van der Waals surface area contributed by atoms with Crippen molar-refractivity contribution in [1.82, 2.24) is 9.80 Å². The molecule has 1 aliphatic rings. The first-order chi connectivity index (χ1) is 10.6. The monoisotopic (exact) mass is 306 g/mol. The Hall–Kier alpha value is -1.10. The van der Waals surface area contributed by atoms with Crippen molar-refractivity contribution in [3.63, 3.8) is 0 Å². The molecule has 0 aliphatic carbocycles. The van der Waals surface area contributed by atoms with Crippen LogP contribution in [0.15, 0.2) is 24.3 Å². The summed E-state index contributed by atoms with van der Waals surface area (Å²) in [6, 6.07) is 8.94. The lowest BCUT2D eigenvalue weighted by Gasteiger charge is -2.32. The van der Waals surface area contributed by atoms with Gasteiger partial charge in [0, 0.05) is 19.1 Å². The maximum atomic E-state index is 5.83. The smallest absolute Gasteiger partial charge is 0.118 e. The van der Waals surface area contributed by atoms with Gasteiger partial charge in [0.15, 0.2) is 0 Å². The first kappa shape index (κ1) is 17.3. The lowest BCUT2D eigenvalue weighted by Crippen LogP contribution is -2.39. The topological polar surface area (TPSA) is 24.9 Å². The van der Waals surface area contributed by atoms with E-state index in [0.717, 1.165) is 38.6 Å². The fourth-order valence-corrected chi connectivity index (χ4v) is 2.99. The molecule has 124 valence electrons. The number of hydrogen-bond acceptors (Lipinski definition) is 4. The Bertz CT molecular complexity index is 433. The van der Waals surface area contributed by atoms with E-state index in [2.05, 4.69) is 43.0 Å². The van der Waals surface area contributed by atoms with Gasteiger partial charge < -0.3 is 14.4 Å². The first-order valence-electron chi connectivity index (χ1n) is 8.19. The highest BCUT2D eigenvalue weighted by molar-refractivity contribution is 5.27. The summed E-state index contributed by atoms with van der Waals surface area (Å²) in [6.07, 6.45) is 1.19. The number of nitrogens with zero attached hydrogens (tertiary/aromatic N) is 2. The van der Waals surface area contributed by atoms with Gasteiger partial charge in [0.05, 0.1) is 20.3 Å². The molecule has 0 saturated carbocycles. The van der Waals surface area contributed by atoms with E-state index in [1.54, 1.807) is 7.11 Å². The van der Waals surface area contributed by atoms with Gasteiger partial charge in [0.1, 0.15) is 5.75 Å². The molecule has 1 heterocycles. The lowest BCUT2D eigenvalue weighted by atomic mass is 9.96. The van der Waals surface area contributed by atoms with Gasteiger partial charge in [-0.05, 0) is 57.6 Å². The van der Waals surface area contributed by atoms with Crippen molar-refractivity contribution < 1.29 is 9.47 Å². The van der Waals surface area contributed by atoms with E-state index in [-0.39, 0.29) is 0 Å². The fourth-order valence-electron chi connectivity index (χ4n) is 2.99. The molecule has 0 amide bonds. The van der Waals surface area contributed by atoms with Crippen LogP contribution in [0.5, 0.6) is 5.75 Å². The van der Waals surface area contributed by atoms with Gasteiger partial charge in [-0.25, -0.2) is 0 Å². The van der Waals surface area contributed by atoms with Crippen LogP contribution in [0, 0.1) is 5.92 Å². The van der Waals surface area contributed by atoms with E-state index < -0.39 is 0 Å². The maximum Gasteiger partial charge on any atom is 0.118 e. The zero-order valence-electron chi connectivity index (χ0n) is 14.4. The molecular formula is C18H30N2O2. The molecular weight excluding hydrogens is 276 g/mol. The predicted octanol–water partition coefficient (Wildman–Crippen LogP) is 2.48. The third-order valence-electron chi connectivity index (χ3n) is 4.60. The molecule has 2 atom stereocenters. The van der Waals surface area contributed by atoms with Crippen molar-refractivity contribution in [2.24, 2.45) is 5.92 Å². The molecule has 1 aliphatic heterocycles. The van der Waals surface area contributed by atoms with Gasteiger partial charge in [-0.15, -0.1) is 0 Å². The SMILES string of the molecule is COc1ccc(CN2CCOC[C@@H](CCN(C)C)[C@@H]2C)cc1. The molecule has 0 spiro atoms. The van der Waals surface area contributed by atoms with Crippen molar-refractivity contribution in [1.29, 1.82) is 0 Å². The molecule has 1 aromatic carbocycles. The zero-order valence-corrected chi connectivity index (χ0v) is 14.4. The minimum atomic E-state index is 0.546. The van der Waals surface area contributed by atoms with Crippen LogP contribution in [0.3, 0.4) is 0 Å². The van der Waals surface area contributed by atoms with Crippen LogP contribution in [0.25, 0.3) is 0 Å². The summed E-state index contributed by atoms with van der Waals surface area (Å²) in [5.74, 6) is 1.52. The summed E-state index contributed by atoms with van der Waals surface area (Å²) in [4.78, 5) is 4.81. The summed E-state index contributed by atoms with van der Waals surface area (Å²) < 4.78 is 11.1. The molecule has 4 nitrogen and oxygen atoms in total. The molecule has 1 fully saturated rings. The summed E-state index contributed by atoms with van der Waals surface area (Å²) in [5, 5.41) is 0. The van der Waals surface area contributed by atoms with E-state index in [4.69, 9.17) is 9.47 Å². The number of methoxy groups -OCH3 is 1. The molecule has 2 rings (SSSR count). The third-order valence-corrected chi connectivity index (χ3v) is 4.60. The molecule has 22 heavy (non-hydrogen) atoms. The third kappa shape index (κ3) is 4.97. The average Bonchev–Trinajstić information content (AvgIpc) is 2.69. The van der Waals surface area contributed by atoms with Gasteiger partial charge in [-0.3, -0.25) is 4.90 Å². The van der Waals surface area contributed by atoms with Gasteiger partial charge in [-0.2, -0.15) is 0 Å². The van der Waals surface area contributed by atoms with E-state index in [1.165, 1.54) is 12.0 Å². The van der Waals surface area contributed by atoms with Crippen LogP contribution < -0.4 is 4.74 Å². The molecule has 0 radical (unpaired) electrons. The number of rotatable bonds is 6. The first-order valence-corrected chi connectivity index (χ1v) is 8.19. The summed E-state index contributed by atoms with van der Waals surface area (Å²) >= 11 is 0. The normalized spacial score (nSPS) is 23.5. The van der Waals surface area contributed by atoms with Gasteiger partial charge in [0.2, 0.25) is 0 Å². The standard InChI is InChI=1S/C18H30N2O2/c1-15-17(9-10-19(2)3)14-22-12-11-20(15)13-16-5-7-18(21-4)8-6-16/h5-8,15,17H,9-14H2,1-4H3/t15-,17+/m0/s1. The lowest BCUT2D eigenvalue weighted by molar-refractivity contribution is 0.110. The largest absolute Gasteiger partial charge is 0.497 e. The highest BCUT2D eigenvalue weighted by Crippen LogP contribution is 2.22. The zero-order chi connectivity index (χ0) is 15.9. The number of ether oxygens (including phenoxy) is 2. The van der Waals surface area contributed by atoms with E-state index in [1.807, 2.05) is 12.1 Å². The van der Waals surface area contributed by atoms with Crippen LogP contribution >= 0.6 is 0 Å². The highest BCUT2D eigenvalue weighted by atomic mass is 16.5. The van der Waals surface area contributed by atoms with Crippen molar-refractivity contribution in [2.75, 3.05) is 47.5 Å². The molecule has 0 unspecified atom stereocenters. The van der Waals surface area contributed by atoms with Gasteiger partial charge in [0.25, 0.3) is 0 Å². The molecule has 1 aromatic rings. The Kier molecular flexibility index (Phi) is 6.68. The molecule has 1 saturated heterocycles. The minimum Gasteiger partial charge on any atom is -0.497 e. The average molecular weight is 306 g/mol. The Balaban J connectivity index is 1.97. The molecule has 0 bridgehead atoms. The van der Waals surface area contributed by atoms with Crippen molar-refractivity contribution in [3.8, 4) is 5.75 Å². The molecule has 0 N–H and O–H groups in total. The Labute approximate surface area is 135 Å².